The molecule has 3 N–H and O–H groups in total. The van der Waals surface area contributed by atoms with E-state index >= 15 is 0 Å². The Morgan fingerprint density at radius 2 is 2.00 bits per heavy atom. The van der Waals surface area contributed by atoms with E-state index in [9.17, 15) is 4.79 Å². The molecule has 0 spiro atoms. The summed E-state index contributed by atoms with van der Waals surface area (Å²) < 4.78 is 5.69. The molecule has 0 aliphatic heterocycles. The molecule has 0 unspecified atom stereocenters. The fraction of sp³-hybridized carbons (Fsp3) is 0.533. The molecule has 1 rings (SSSR count). The predicted octanol–water partition coefficient (Wildman–Crippen LogP) is 1.74. The van der Waals surface area contributed by atoms with E-state index in [-0.39, 0.29) is 5.91 Å². The van der Waals surface area contributed by atoms with E-state index in [2.05, 4.69) is 24.1 Å². The van der Waals surface area contributed by atoms with Crippen molar-refractivity contribution in [1.29, 1.82) is 0 Å². The van der Waals surface area contributed by atoms with Crippen molar-refractivity contribution >= 4 is 11.6 Å². The van der Waals surface area contributed by atoms with Crippen molar-refractivity contribution < 1.29 is 9.53 Å². The average Bonchev–Trinajstić information content (AvgIpc) is 2.45. The van der Waals surface area contributed by atoms with Crippen molar-refractivity contribution in [1.82, 2.24) is 10.2 Å². The molecule has 0 aliphatic carbocycles. The van der Waals surface area contributed by atoms with Gasteiger partial charge in [0.15, 0.2) is 0 Å². The van der Waals surface area contributed by atoms with Gasteiger partial charge in [0.1, 0.15) is 12.4 Å². The summed E-state index contributed by atoms with van der Waals surface area (Å²) in [7, 11) is 0. The first-order valence-corrected chi connectivity index (χ1v) is 7.15. The first-order valence-electron chi connectivity index (χ1n) is 7.15. The van der Waals surface area contributed by atoms with E-state index in [0.29, 0.717) is 30.2 Å². The highest BCUT2D eigenvalue weighted by Gasteiger charge is 2.09. The summed E-state index contributed by atoms with van der Waals surface area (Å²) in [5.41, 5.74) is 7.00. The SMILES string of the molecule is CCNC(=O)c1ccc(N)c(OCCN(CC)CC)c1. The standard InChI is InChI=1S/C15H25N3O2/c1-4-17-15(19)12-7-8-13(16)14(11-12)20-10-9-18(5-2)6-3/h7-8,11H,4-6,9-10,16H2,1-3H3,(H,17,19). The van der Waals surface area contributed by atoms with Gasteiger partial charge in [0.2, 0.25) is 0 Å². The van der Waals surface area contributed by atoms with Gasteiger partial charge in [-0.15, -0.1) is 0 Å². The number of anilines is 1. The number of benzene rings is 1. The number of nitrogens with one attached hydrogen (secondary N) is 1. The number of nitrogen functional groups attached to an aromatic ring is 1. The molecule has 0 bridgehead atoms. The van der Waals surface area contributed by atoms with Crippen molar-refractivity contribution in [3.05, 3.63) is 23.8 Å². The number of nitrogens with zero attached hydrogens (tertiary/aromatic N) is 1. The second-order valence-electron chi connectivity index (χ2n) is 4.49. The lowest BCUT2D eigenvalue weighted by Gasteiger charge is -2.18. The second kappa shape index (κ2) is 8.43. The average molecular weight is 279 g/mol. The monoisotopic (exact) mass is 279 g/mol. The lowest BCUT2D eigenvalue weighted by atomic mass is 10.2. The Balaban J connectivity index is 2.64. The van der Waals surface area contributed by atoms with Crippen LogP contribution in [-0.2, 0) is 0 Å². The normalized spacial score (nSPS) is 10.6. The topological polar surface area (TPSA) is 67.6 Å². The largest absolute Gasteiger partial charge is 0.490 e. The molecular weight excluding hydrogens is 254 g/mol. The zero-order valence-electron chi connectivity index (χ0n) is 12.6. The van der Waals surface area contributed by atoms with Crippen molar-refractivity contribution in [2.24, 2.45) is 0 Å². The van der Waals surface area contributed by atoms with Gasteiger partial charge in [-0.2, -0.15) is 0 Å². The van der Waals surface area contributed by atoms with Crippen LogP contribution >= 0.6 is 0 Å². The van der Waals surface area contributed by atoms with Gasteiger partial charge < -0.3 is 20.7 Å². The summed E-state index contributed by atoms with van der Waals surface area (Å²) in [5.74, 6) is 0.460. The number of rotatable bonds is 8. The number of likely N-dealkylation sites (N-methyl/N-ethyl adjacent to an activating group) is 1. The minimum atomic E-state index is -0.110. The van der Waals surface area contributed by atoms with Gasteiger partial charge in [-0.05, 0) is 38.2 Å². The summed E-state index contributed by atoms with van der Waals surface area (Å²) in [4.78, 5) is 14.0. The van der Waals surface area contributed by atoms with E-state index in [1.807, 2.05) is 6.92 Å². The van der Waals surface area contributed by atoms with Gasteiger partial charge in [0.25, 0.3) is 5.91 Å². The lowest BCUT2D eigenvalue weighted by Crippen LogP contribution is -2.28. The smallest absolute Gasteiger partial charge is 0.251 e. The lowest BCUT2D eigenvalue weighted by molar-refractivity contribution is 0.0955. The minimum Gasteiger partial charge on any atom is -0.490 e. The van der Waals surface area contributed by atoms with Crippen LogP contribution in [0.4, 0.5) is 5.69 Å². The van der Waals surface area contributed by atoms with Crippen LogP contribution in [0.1, 0.15) is 31.1 Å². The van der Waals surface area contributed by atoms with Gasteiger partial charge in [0, 0.05) is 18.7 Å². The van der Waals surface area contributed by atoms with Crippen LogP contribution in [0.5, 0.6) is 5.75 Å². The van der Waals surface area contributed by atoms with Crippen LogP contribution < -0.4 is 15.8 Å². The molecule has 0 aromatic heterocycles. The van der Waals surface area contributed by atoms with Crippen LogP contribution in [0.15, 0.2) is 18.2 Å². The number of hydrogen-bond acceptors (Lipinski definition) is 4. The Kier molecular flexibility index (Phi) is 6.87. The maximum Gasteiger partial charge on any atom is 0.251 e. The minimum absolute atomic E-state index is 0.110. The first kappa shape index (κ1) is 16.3. The summed E-state index contributed by atoms with van der Waals surface area (Å²) in [5, 5.41) is 2.76. The van der Waals surface area contributed by atoms with E-state index < -0.39 is 0 Å². The highest BCUT2D eigenvalue weighted by molar-refractivity contribution is 5.95. The zero-order chi connectivity index (χ0) is 15.0. The van der Waals surface area contributed by atoms with Gasteiger partial charge in [0.05, 0.1) is 5.69 Å². The second-order valence-corrected chi connectivity index (χ2v) is 4.49. The Labute approximate surface area is 121 Å². The summed E-state index contributed by atoms with van der Waals surface area (Å²) in [6, 6.07) is 5.11. The molecule has 0 saturated heterocycles. The molecule has 0 atom stereocenters. The molecule has 5 nitrogen and oxygen atoms in total. The molecule has 20 heavy (non-hydrogen) atoms. The molecule has 0 radical (unpaired) electrons. The summed E-state index contributed by atoms with van der Waals surface area (Å²) in [6.07, 6.45) is 0. The van der Waals surface area contributed by atoms with E-state index in [0.717, 1.165) is 19.6 Å². The predicted molar refractivity (Wildman–Crippen MR) is 82.1 cm³/mol. The van der Waals surface area contributed by atoms with Crippen molar-refractivity contribution in [2.45, 2.75) is 20.8 Å². The molecule has 0 fully saturated rings. The van der Waals surface area contributed by atoms with Gasteiger partial charge in [-0.25, -0.2) is 0 Å². The van der Waals surface area contributed by atoms with Crippen molar-refractivity contribution in [3.63, 3.8) is 0 Å². The number of hydrogen-bond donors (Lipinski definition) is 2. The molecule has 0 heterocycles. The van der Waals surface area contributed by atoms with Gasteiger partial charge >= 0.3 is 0 Å². The molecular formula is C15H25N3O2. The van der Waals surface area contributed by atoms with Crippen LogP contribution in [0.2, 0.25) is 0 Å². The Morgan fingerprint density at radius 1 is 1.30 bits per heavy atom. The Hall–Kier alpha value is -1.75. The molecule has 0 aliphatic rings. The van der Waals surface area contributed by atoms with Crippen LogP contribution in [0.25, 0.3) is 0 Å². The molecule has 112 valence electrons. The van der Waals surface area contributed by atoms with Crippen LogP contribution in [0.3, 0.4) is 0 Å². The number of carbonyl (C=O) groups is 1. The first-order chi connectivity index (χ1) is 9.62. The third-order valence-corrected chi connectivity index (χ3v) is 3.17. The number of amides is 1. The van der Waals surface area contributed by atoms with Crippen molar-refractivity contribution in [3.8, 4) is 5.75 Å². The third-order valence-electron chi connectivity index (χ3n) is 3.17. The third kappa shape index (κ3) is 4.74. The number of nitrogens with two attached hydrogens (primary N) is 1. The maximum atomic E-state index is 11.8. The van der Waals surface area contributed by atoms with E-state index in [1.54, 1.807) is 18.2 Å². The van der Waals surface area contributed by atoms with E-state index in [4.69, 9.17) is 10.5 Å². The molecule has 1 aromatic rings. The van der Waals surface area contributed by atoms with Gasteiger partial charge in [-0.1, -0.05) is 13.8 Å². The summed E-state index contributed by atoms with van der Waals surface area (Å²) >= 11 is 0. The highest BCUT2D eigenvalue weighted by atomic mass is 16.5. The Morgan fingerprint density at radius 3 is 2.60 bits per heavy atom. The molecule has 1 amide bonds. The number of ether oxygens (including phenoxy) is 1. The summed E-state index contributed by atoms with van der Waals surface area (Å²) in [6.45, 7) is 10.1. The number of carbonyl (C=O) groups excluding carboxylic acids is 1. The maximum absolute atomic E-state index is 11.8. The fourth-order valence-corrected chi connectivity index (χ4v) is 1.89. The van der Waals surface area contributed by atoms with Crippen molar-refractivity contribution in [2.75, 3.05) is 38.5 Å². The van der Waals surface area contributed by atoms with E-state index in [1.165, 1.54) is 0 Å². The quantitative estimate of drug-likeness (QED) is 0.711. The molecule has 5 heteroatoms. The Bertz CT molecular complexity index is 431. The van der Waals surface area contributed by atoms with Gasteiger partial charge in [-0.3, -0.25) is 4.79 Å². The fourth-order valence-electron chi connectivity index (χ4n) is 1.89. The molecule has 0 saturated carbocycles. The molecule has 1 aromatic carbocycles. The van der Waals surface area contributed by atoms with Crippen LogP contribution in [0, 0.1) is 0 Å². The van der Waals surface area contributed by atoms with Crippen LogP contribution in [-0.4, -0.2) is 43.6 Å². The zero-order valence-corrected chi connectivity index (χ0v) is 12.6. The highest BCUT2D eigenvalue weighted by Crippen LogP contribution is 2.22.